The van der Waals surface area contributed by atoms with Crippen LogP contribution in [0.1, 0.15) is 15.9 Å². The highest BCUT2D eigenvalue weighted by Gasteiger charge is 2.14. The zero-order valence-electron chi connectivity index (χ0n) is 13.2. The lowest BCUT2D eigenvalue weighted by Gasteiger charge is -2.08. The molecule has 1 amide bonds. The number of aromatic nitrogens is 3. The Balaban J connectivity index is 1.48. The van der Waals surface area contributed by atoms with E-state index in [1.807, 2.05) is 30.5 Å². The Hall–Kier alpha value is -3.61. The summed E-state index contributed by atoms with van der Waals surface area (Å²) in [4.78, 5) is 23.8. The molecule has 0 aliphatic heterocycles. The molecule has 7 nitrogen and oxygen atoms in total. The van der Waals surface area contributed by atoms with E-state index in [0.29, 0.717) is 18.1 Å². The molecule has 0 saturated carbocycles. The van der Waals surface area contributed by atoms with Gasteiger partial charge >= 0.3 is 0 Å². The van der Waals surface area contributed by atoms with Crippen LogP contribution in [-0.2, 0) is 6.54 Å². The molecule has 4 aromatic rings. The predicted octanol–water partition coefficient (Wildman–Crippen LogP) is 2.73. The molecule has 1 aromatic carbocycles. The van der Waals surface area contributed by atoms with Crippen molar-refractivity contribution in [2.75, 3.05) is 5.73 Å². The SMILES string of the molecule is Nc1nc(-c2ccco2)ncc1C(=O)NCc1ccc2[nH]ccc2c1. The number of aromatic amines is 1. The van der Waals surface area contributed by atoms with Crippen molar-refractivity contribution in [3.8, 4) is 11.6 Å². The number of nitrogens with two attached hydrogens (primary N) is 1. The summed E-state index contributed by atoms with van der Waals surface area (Å²) in [5.74, 6) is 0.632. The van der Waals surface area contributed by atoms with Crippen LogP contribution in [-0.4, -0.2) is 20.9 Å². The van der Waals surface area contributed by atoms with E-state index in [4.69, 9.17) is 10.2 Å². The Labute approximate surface area is 142 Å². The number of fused-ring (bicyclic) bond motifs is 1. The van der Waals surface area contributed by atoms with Gasteiger partial charge < -0.3 is 20.5 Å². The fraction of sp³-hybridized carbons (Fsp3) is 0.0556. The first-order valence-corrected chi connectivity index (χ1v) is 7.71. The van der Waals surface area contributed by atoms with Gasteiger partial charge in [0.2, 0.25) is 0 Å². The maximum atomic E-state index is 12.3. The van der Waals surface area contributed by atoms with Crippen LogP contribution in [0.25, 0.3) is 22.5 Å². The van der Waals surface area contributed by atoms with Crippen molar-refractivity contribution in [3.63, 3.8) is 0 Å². The molecule has 7 heteroatoms. The van der Waals surface area contributed by atoms with Crippen LogP contribution in [0.2, 0.25) is 0 Å². The molecule has 0 radical (unpaired) electrons. The lowest BCUT2D eigenvalue weighted by atomic mass is 10.1. The number of furan rings is 1. The first-order chi connectivity index (χ1) is 12.2. The van der Waals surface area contributed by atoms with E-state index < -0.39 is 0 Å². The smallest absolute Gasteiger partial charge is 0.256 e. The van der Waals surface area contributed by atoms with E-state index in [1.165, 1.54) is 12.5 Å². The monoisotopic (exact) mass is 333 g/mol. The number of nitrogens with one attached hydrogen (secondary N) is 2. The minimum absolute atomic E-state index is 0.111. The third-order valence-corrected chi connectivity index (χ3v) is 3.88. The number of H-pyrrole nitrogens is 1. The van der Waals surface area contributed by atoms with Crippen molar-refractivity contribution in [1.82, 2.24) is 20.3 Å². The lowest BCUT2D eigenvalue weighted by molar-refractivity contribution is 0.0951. The normalized spacial score (nSPS) is 10.9. The second-order valence-electron chi connectivity index (χ2n) is 5.55. The Morgan fingerprint density at radius 3 is 3.00 bits per heavy atom. The molecule has 0 aliphatic carbocycles. The van der Waals surface area contributed by atoms with E-state index in [2.05, 4.69) is 20.3 Å². The summed E-state index contributed by atoms with van der Waals surface area (Å²) in [5.41, 5.74) is 8.18. The minimum atomic E-state index is -0.322. The largest absolute Gasteiger partial charge is 0.461 e. The molecule has 25 heavy (non-hydrogen) atoms. The van der Waals surface area contributed by atoms with Crippen molar-refractivity contribution in [2.45, 2.75) is 6.54 Å². The fourth-order valence-corrected chi connectivity index (χ4v) is 2.58. The number of hydrogen-bond acceptors (Lipinski definition) is 5. The third kappa shape index (κ3) is 2.94. The van der Waals surface area contributed by atoms with Crippen molar-refractivity contribution in [3.05, 3.63) is 66.2 Å². The molecule has 3 heterocycles. The van der Waals surface area contributed by atoms with E-state index in [9.17, 15) is 4.79 Å². The van der Waals surface area contributed by atoms with Crippen LogP contribution in [0.15, 0.2) is 59.5 Å². The van der Waals surface area contributed by atoms with E-state index in [-0.39, 0.29) is 17.3 Å². The summed E-state index contributed by atoms with van der Waals surface area (Å²) in [5, 5.41) is 3.93. The standard InChI is InChI=1S/C18H15N5O2/c19-16-13(10-21-17(23-16)15-2-1-7-25-15)18(24)22-9-11-3-4-14-12(8-11)5-6-20-14/h1-8,10,20H,9H2,(H,22,24)(H2,19,21,23). The van der Waals surface area contributed by atoms with E-state index in [0.717, 1.165) is 16.5 Å². The molecule has 4 N–H and O–H groups in total. The first-order valence-electron chi connectivity index (χ1n) is 7.71. The molecule has 0 atom stereocenters. The molecule has 0 saturated heterocycles. The Morgan fingerprint density at radius 1 is 1.28 bits per heavy atom. The number of carbonyl (C=O) groups is 1. The van der Waals surface area contributed by atoms with Gasteiger partial charge in [-0.3, -0.25) is 4.79 Å². The Morgan fingerprint density at radius 2 is 2.20 bits per heavy atom. The quantitative estimate of drug-likeness (QED) is 0.532. The second-order valence-corrected chi connectivity index (χ2v) is 5.55. The van der Waals surface area contributed by atoms with Crippen LogP contribution in [0, 0.1) is 0 Å². The van der Waals surface area contributed by atoms with Gasteiger partial charge in [0.05, 0.1) is 11.8 Å². The molecule has 0 fully saturated rings. The van der Waals surface area contributed by atoms with E-state index >= 15 is 0 Å². The summed E-state index contributed by atoms with van der Waals surface area (Å²) < 4.78 is 5.23. The molecule has 0 spiro atoms. The van der Waals surface area contributed by atoms with Crippen molar-refractivity contribution < 1.29 is 9.21 Å². The maximum absolute atomic E-state index is 12.3. The summed E-state index contributed by atoms with van der Waals surface area (Å²) >= 11 is 0. The first kappa shape index (κ1) is 14.9. The molecular formula is C18H15N5O2. The van der Waals surface area contributed by atoms with Crippen molar-refractivity contribution in [1.29, 1.82) is 0 Å². The second kappa shape index (κ2) is 6.12. The number of anilines is 1. The summed E-state index contributed by atoms with van der Waals surface area (Å²) in [6.45, 7) is 0.388. The van der Waals surface area contributed by atoms with Gasteiger partial charge in [-0.05, 0) is 41.3 Å². The average molecular weight is 333 g/mol. The van der Waals surface area contributed by atoms with Crippen molar-refractivity contribution >= 4 is 22.6 Å². The van der Waals surface area contributed by atoms with Gasteiger partial charge in [0.25, 0.3) is 5.91 Å². The molecule has 0 aliphatic rings. The summed E-state index contributed by atoms with van der Waals surface area (Å²) in [7, 11) is 0. The van der Waals surface area contributed by atoms with Crippen LogP contribution in [0.3, 0.4) is 0 Å². The van der Waals surface area contributed by atoms with Crippen LogP contribution in [0.4, 0.5) is 5.82 Å². The van der Waals surface area contributed by atoms with Gasteiger partial charge in [0.15, 0.2) is 11.6 Å². The van der Waals surface area contributed by atoms with Crippen LogP contribution in [0.5, 0.6) is 0 Å². The molecule has 4 rings (SSSR count). The van der Waals surface area contributed by atoms with E-state index in [1.54, 1.807) is 12.1 Å². The molecule has 124 valence electrons. The maximum Gasteiger partial charge on any atom is 0.256 e. The number of nitrogens with zero attached hydrogens (tertiary/aromatic N) is 2. The molecular weight excluding hydrogens is 318 g/mol. The molecule has 0 bridgehead atoms. The van der Waals surface area contributed by atoms with Crippen LogP contribution < -0.4 is 11.1 Å². The van der Waals surface area contributed by atoms with Gasteiger partial charge in [-0.25, -0.2) is 9.97 Å². The predicted molar refractivity (Wildman–Crippen MR) is 93.6 cm³/mol. The molecule has 0 unspecified atom stereocenters. The van der Waals surface area contributed by atoms with Crippen LogP contribution >= 0.6 is 0 Å². The number of carbonyl (C=O) groups excluding carboxylic acids is 1. The number of rotatable bonds is 4. The topological polar surface area (TPSA) is 110 Å². The Kier molecular flexibility index (Phi) is 3.66. The fourth-order valence-electron chi connectivity index (χ4n) is 2.58. The Bertz CT molecular complexity index is 1040. The zero-order valence-corrected chi connectivity index (χ0v) is 13.2. The summed E-state index contributed by atoms with van der Waals surface area (Å²) in [6, 6.07) is 11.4. The molecule has 3 aromatic heterocycles. The lowest BCUT2D eigenvalue weighted by Crippen LogP contribution is -2.24. The van der Waals surface area contributed by atoms with Gasteiger partial charge in [0, 0.05) is 24.5 Å². The number of benzene rings is 1. The number of amides is 1. The highest BCUT2D eigenvalue weighted by molar-refractivity contribution is 5.98. The zero-order chi connectivity index (χ0) is 17.2. The van der Waals surface area contributed by atoms with Gasteiger partial charge in [-0.2, -0.15) is 0 Å². The van der Waals surface area contributed by atoms with Crippen molar-refractivity contribution in [2.24, 2.45) is 0 Å². The highest BCUT2D eigenvalue weighted by Crippen LogP contribution is 2.18. The number of nitrogen functional groups attached to an aromatic ring is 1. The van der Waals surface area contributed by atoms with Gasteiger partial charge in [0.1, 0.15) is 5.82 Å². The minimum Gasteiger partial charge on any atom is -0.461 e. The summed E-state index contributed by atoms with van der Waals surface area (Å²) in [6.07, 6.45) is 4.81. The average Bonchev–Trinajstić information content (AvgIpc) is 3.30. The third-order valence-electron chi connectivity index (χ3n) is 3.88. The van der Waals surface area contributed by atoms with Gasteiger partial charge in [-0.1, -0.05) is 6.07 Å². The number of hydrogen-bond donors (Lipinski definition) is 3. The highest BCUT2D eigenvalue weighted by atomic mass is 16.3. The van der Waals surface area contributed by atoms with Gasteiger partial charge in [-0.15, -0.1) is 0 Å².